The van der Waals surface area contributed by atoms with Crippen molar-refractivity contribution in [1.82, 2.24) is 19.8 Å². The molecule has 0 unspecified atom stereocenters. The maximum absolute atomic E-state index is 12.7. The van der Waals surface area contributed by atoms with Crippen LogP contribution in [0.5, 0.6) is 0 Å². The van der Waals surface area contributed by atoms with E-state index in [9.17, 15) is 9.59 Å². The van der Waals surface area contributed by atoms with Gasteiger partial charge in [-0.2, -0.15) is 0 Å². The molecule has 1 aliphatic heterocycles. The van der Waals surface area contributed by atoms with Gasteiger partial charge in [-0.1, -0.05) is 11.6 Å². The number of rotatable bonds is 4. The summed E-state index contributed by atoms with van der Waals surface area (Å²) in [5.74, 6) is 0.897. The van der Waals surface area contributed by atoms with Crippen LogP contribution in [0.1, 0.15) is 16.3 Å². The van der Waals surface area contributed by atoms with Crippen molar-refractivity contribution in [2.24, 2.45) is 0 Å². The van der Waals surface area contributed by atoms with Crippen molar-refractivity contribution in [3.63, 3.8) is 0 Å². The largest absolute Gasteiger partial charge is 0.342 e. The predicted octanol–water partition coefficient (Wildman–Crippen LogP) is 2.10. The Morgan fingerprint density at radius 2 is 1.84 bits per heavy atom. The summed E-state index contributed by atoms with van der Waals surface area (Å²) in [7, 11) is 0. The maximum Gasteiger partial charge on any atom is 0.272 e. The van der Waals surface area contributed by atoms with Crippen molar-refractivity contribution in [3.05, 3.63) is 46.9 Å². The van der Waals surface area contributed by atoms with Crippen LogP contribution < -0.4 is 5.32 Å². The molecule has 0 spiro atoms. The Labute approximate surface area is 150 Å². The van der Waals surface area contributed by atoms with Crippen LogP contribution >= 0.6 is 11.6 Å². The lowest BCUT2D eigenvalue weighted by atomic mass is 10.2. The first-order chi connectivity index (χ1) is 12.0. The predicted molar refractivity (Wildman–Crippen MR) is 95.0 cm³/mol. The molecule has 8 heteroatoms. The minimum Gasteiger partial charge on any atom is -0.342 e. The zero-order chi connectivity index (χ0) is 17.8. The number of hydrogen-bond acceptors (Lipinski definition) is 5. The minimum atomic E-state index is -0.157. The van der Waals surface area contributed by atoms with Crippen molar-refractivity contribution < 1.29 is 9.59 Å². The molecule has 0 bridgehead atoms. The molecule has 0 aliphatic carbocycles. The van der Waals surface area contributed by atoms with Crippen LogP contribution in [0.25, 0.3) is 0 Å². The van der Waals surface area contributed by atoms with Crippen molar-refractivity contribution in [3.8, 4) is 0 Å². The Morgan fingerprint density at radius 1 is 1.16 bits per heavy atom. The zero-order valence-electron chi connectivity index (χ0n) is 13.8. The monoisotopic (exact) mass is 359 g/mol. The fraction of sp³-hybridized carbons (Fsp3) is 0.294. The van der Waals surface area contributed by atoms with Gasteiger partial charge in [-0.15, -0.1) is 0 Å². The highest BCUT2D eigenvalue weighted by atomic mass is 35.5. The number of benzene rings is 1. The van der Waals surface area contributed by atoms with Crippen LogP contribution in [0.4, 0.5) is 11.5 Å². The lowest BCUT2D eigenvalue weighted by molar-refractivity contribution is -0.119. The molecule has 0 radical (unpaired) electrons. The average molecular weight is 360 g/mol. The Kier molecular flexibility index (Phi) is 5.14. The molecule has 1 aromatic heterocycles. The molecule has 25 heavy (non-hydrogen) atoms. The lowest BCUT2D eigenvalue weighted by Crippen LogP contribution is -2.48. The number of amides is 2. The molecule has 3 rings (SSSR count). The number of halogens is 1. The topological polar surface area (TPSA) is 78.4 Å². The van der Waals surface area contributed by atoms with Gasteiger partial charge in [-0.05, 0) is 31.2 Å². The molecule has 1 aliphatic rings. The van der Waals surface area contributed by atoms with E-state index in [1.165, 1.54) is 0 Å². The summed E-state index contributed by atoms with van der Waals surface area (Å²) >= 11 is 5.88. The highest BCUT2D eigenvalue weighted by molar-refractivity contribution is 6.30. The summed E-state index contributed by atoms with van der Waals surface area (Å²) in [6.07, 6.45) is 0.810. The average Bonchev–Trinajstić information content (AvgIpc) is 2.62. The standard InChI is InChI=1S/C17H18ClN5O2/c1-12-19-15(17(25)23-8-6-22(11-24)7-9-23)10-16(20-12)21-14-4-2-13(18)3-5-14/h2-5,10-11H,6-9H2,1H3,(H,19,20,21). The summed E-state index contributed by atoms with van der Waals surface area (Å²) < 4.78 is 0. The number of nitrogens with one attached hydrogen (secondary N) is 1. The second-order valence-electron chi connectivity index (χ2n) is 5.75. The van der Waals surface area contributed by atoms with Gasteiger partial charge in [0, 0.05) is 43.0 Å². The van der Waals surface area contributed by atoms with Crippen LogP contribution in [-0.4, -0.2) is 58.3 Å². The van der Waals surface area contributed by atoms with Crippen LogP contribution in [-0.2, 0) is 4.79 Å². The van der Waals surface area contributed by atoms with Crippen molar-refractivity contribution >= 4 is 35.4 Å². The number of anilines is 2. The molecule has 1 fully saturated rings. The molecule has 1 N–H and O–H groups in total. The molecule has 7 nitrogen and oxygen atoms in total. The van der Waals surface area contributed by atoms with Gasteiger partial charge in [0.2, 0.25) is 6.41 Å². The zero-order valence-corrected chi connectivity index (χ0v) is 14.5. The van der Waals surface area contributed by atoms with E-state index in [0.29, 0.717) is 48.5 Å². The van der Waals surface area contributed by atoms with Gasteiger partial charge in [0.15, 0.2) is 0 Å². The van der Waals surface area contributed by atoms with E-state index in [4.69, 9.17) is 11.6 Å². The molecular weight excluding hydrogens is 342 g/mol. The summed E-state index contributed by atoms with van der Waals surface area (Å²) in [5.41, 5.74) is 1.16. The highest BCUT2D eigenvalue weighted by Gasteiger charge is 2.23. The highest BCUT2D eigenvalue weighted by Crippen LogP contribution is 2.19. The molecule has 130 valence electrons. The molecular formula is C17H18ClN5O2. The maximum atomic E-state index is 12.7. The Bertz CT molecular complexity index is 773. The van der Waals surface area contributed by atoms with Crippen molar-refractivity contribution in [2.45, 2.75) is 6.92 Å². The van der Waals surface area contributed by atoms with Gasteiger partial charge in [-0.3, -0.25) is 9.59 Å². The minimum absolute atomic E-state index is 0.157. The molecule has 2 amide bonds. The smallest absolute Gasteiger partial charge is 0.272 e. The molecule has 0 atom stereocenters. The van der Waals surface area contributed by atoms with Crippen molar-refractivity contribution in [2.75, 3.05) is 31.5 Å². The first kappa shape index (κ1) is 17.2. The first-order valence-corrected chi connectivity index (χ1v) is 8.30. The summed E-state index contributed by atoms with van der Waals surface area (Å²) in [6.45, 7) is 3.82. The van der Waals surface area contributed by atoms with Crippen LogP contribution in [0.3, 0.4) is 0 Å². The van der Waals surface area contributed by atoms with Crippen LogP contribution in [0, 0.1) is 6.92 Å². The fourth-order valence-electron chi connectivity index (χ4n) is 2.61. The molecule has 1 saturated heterocycles. The Hall–Kier alpha value is -2.67. The van der Waals surface area contributed by atoms with Gasteiger partial charge in [0.25, 0.3) is 5.91 Å². The first-order valence-electron chi connectivity index (χ1n) is 7.92. The number of carbonyl (C=O) groups is 2. The van der Waals surface area contributed by atoms with E-state index in [0.717, 1.165) is 12.1 Å². The third kappa shape index (κ3) is 4.24. The number of nitrogens with zero attached hydrogens (tertiary/aromatic N) is 4. The Balaban J connectivity index is 1.75. The second-order valence-corrected chi connectivity index (χ2v) is 6.19. The molecule has 2 aromatic rings. The van der Waals surface area contributed by atoms with Crippen LogP contribution in [0.15, 0.2) is 30.3 Å². The summed E-state index contributed by atoms with van der Waals surface area (Å²) in [5, 5.41) is 3.80. The lowest BCUT2D eigenvalue weighted by Gasteiger charge is -2.32. The van der Waals surface area contributed by atoms with Crippen LogP contribution in [0.2, 0.25) is 5.02 Å². The second kappa shape index (κ2) is 7.48. The summed E-state index contributed by atoms with van der Waals surface area (Å²) in [6, 6.07) is 8.85. The fourth-order valence-corrected chi connectivity index (χ4v) is 2.74. The van der Waals surface area contributed by atoms with E-state index in [1.54, 1.807) is 34.9 Å². The Morgan fingerprint density at radius 3 is 2.48 bits per heavy atom. The van der Waals surface area contributed by atoms with Gasteiger partial charge in [0.05, 0.1) is 0 Å². The normalized spacial score (nSPS) is 14.3. The molecule has 1 aromatic carbocycles. The van der Waals surface area contributed by atoms with Crippen molar-refractivity contribution in [1.29, 1.82) is 0 Å². The van der Waals surface area contributed by atoms with Gasteiger partial charge in [-0.25, -0.2) is 9.97 Å². The number of aryl methyl sites for hydroxylation is 1. The van der Waals surface area contributed by atoms with E-state index in [-0.39, 0.29) is 5.91 Å². The van der Waals surface area contributed by atoms with E-state index in [2.05, 4.69) is 15.3 Å². The van der Waals surface area contributed by atoms with Gasteiger partial charge >= 0.3 is 0 Å². The number of aromatic nitrogens is 2. The third-order valence-corrected chi connectivity index (χ3v) is 4.18. The SMILES string of the molecule is Cc1nc(Nc2ccc(Cl)cc2)cc(C(=O)N2CCN(C=O)CC2)n1. The number of carbonyl (C=O) groups excluding carboxylic acids is 2. The number of piperazine rings is 1. The molecule has 0 saturated carbocycles. The number of hydrogen-bond donors (Lipinski definition) is 1. The van der Waals surface area contributed by atoms with Gasteiger partial charge in [0.1, 0.15) is 17.3 Å². The molecule has 2 heterocycles. The van der Waals surface area contributed by atoms with E-state index < -0.39 is 0 Å². The van der Waals surface area contributed by atoms with E-state index in [1.807, 2.05) is 12.1 Å². The quantitative estimate of drug-likeness (QED) is 0.846. The third-order valence-electron chi connectivity index (χ3n) is 3.92. The van der Waals surface area contributed by atoms with E-state index >= 15 is 0 Å². The van der Waals surface area contributed by atoms with Gasteiger partial charge < -0.3 is 15.1 Å². The summed E-state index contributed by atoms with van der Waals surface area (Å²) in [4.78, 5) is 35.4.